The van der Waals surface area contributed by atoms with E-state index in [1.54, 1.807) is 7.11 Å². The molecule has 0 aromatic heterocycles. The van der Waals surface area contributed by atoms with Crippen LogP contribution in [0.4, 0.5) is 5.69 Å². The van der Waals surface area contributed by atoms with Crippen molar-refractivity contribution in [2.45, 2.75) is 25.8 Å². The number of benzene rings is 1. The molecular formula is C14H23ClN2O2. The average Bonchev–Trinajstić information content (AvgIpc) is 2.39. The normalized spacial score (nSPS) is 12.2. The van der Waals surface area contributed by atoms with Crippen molar-refractivity contribution in [3.63, 3.8) is 0 Å². The van der Waals surface area contributed by atoms with Crippen molar-refractivity contribution in [1.29, 1.82) is 0 Å². The van der Waals surface area contributed by atoms with Gasteiger partial charge in [0.15, 0.2) is 0 Å². The highest BCUT2D eigenvalue weighted by Crippen LogP contribution is 2.28. The van der Waals surface area contributed by atoms with Crippen LogP contribution < -0.4 is 15.8 Å². The van der Waals surface area contributed by atoms with Gasteiger partial charge in [-0.25, -0.2) is 0 Å². The maximum atomic E-state index is 6.16. The zero-order chi connectivity index (χ0) is 14.1. The van der Waals surface area contributed by atoms with Gasteiger partial charge in [-0.15, -0.1) is 0 Å². The molecule has 1 aromatic carbocycles. The summed E-state index contributed by atoms with van der Waals surface area (Å²) in [6.45, 7) is 3.87. The van der Waals surface area contributed by atoms with Gasteiger partial charge in [-0.05, 0) is 44.5 Å². The minimum atomic E-state index is 0.238. The third kappa shape index (κ3) is 5.68. The van der Waals surface area contributed by atoms with Crippen LogP contribution in [0.5, 0.6) is 5.75 Å². The Balaban J connectivity index is 2.65. The molecule has 0 heterocycles. The zero-order valence-electron chi connectivity index (χ0n) is 11.6. The fraction of sp³-hybridized carbons (Fsp3) is 0.571. The molecule has 0 fully saturated rings. The van der Waals surface area contributed by atoms with Crippen LogP contribution in [0.15, 0.2) is 18.2 Å². The number of nitrogens with one attached hydrogen (secondary N) is 1. The topological polar surface area (TPSA) is 56.5 Å². The van der Waals surface area contributed by atoms with Crippen molar-refractivity contribution in [2.24, 2.45) is 5.73 Å². The van der Waals surface area contributed by atoms with Crippen molar-refractivity contribution >= 4 is 17.3 Å². The van der Waals surface area contributed by atoms with Crippen molar-refractivity contribution in [3.05, 3.63) is 23.2 Å². The second-order valence-electron chi connectivity index (χ2n) is 4.31. The first kappa shape index (κ1) is 16.1. The summed E-state index contributed by atoms with van der Waals surface area (Å²) in [5.74, 6) is 0.708. The first-order chi connectivity index (χ1) is 9.21. The third-order valence-corrected chi connectivity index (χ3v) is 3.02. The molecule has 0 bridgehead atoms. The van der Waals surface area contributed by atoms with Crippen LogP contribution in [0.1, 0.15) is 19.8 Å². The van der Waals surface area contributed by atoms with Crippen LogP contribution in [-0.4, -0.2) is 32.9 Å². The molecule has 1 rings (SSSR count). The molecular weight excluding hydrogens is 264 g/mol. The minimum Gasteiger partial charge on any atom is -0.492 e. The zero-order valence-corrected chi connectivity index (χ0v) is 12.4. The van der Waals surface area contributed by atoms with E-state index in [0.717, 1.165) is 18.5 Å². The highest BCUT2D eigenvalue weighted by molar-refractivity contribution is 6.32. The molecule has 19 heavy (non-hydrogen) atoms. The average molecular weight is 287 g/mol. The summed E-state index contributed by atoms with van der Waals surface area (Å²) < 4.78 is 10.6. The predicted molar refractivity (Wildman–Crippen MR) is 80.2 cm³/mol. The van der Waals surface area contributed by atoms with Gasteiger partial charge in [0.25, 0.3) is 0 Å². The fourth-order valence-electron chi connectivity index (χ4n) is 1.86. The monoisotopic (exact) mass is 286 g/mol. The summed E-state index contributed by atoms with van der Waals surface area (Å²) in [6, 6.07) is 5.95. The van der Waals surface area contributed by atoms with Gasteiger partial charge >= 0.3 is 0 Å². The van der Waals surface area contributed by atoms with E-state index in [-0.39, 0.29) is 6.04 Å². The molecule has 0 radical (unpaired) electrons. The lowest BCUT2D eigenvalue weighted by Gasteiger charge is -2.19. The van der Waals surface area contributed by atoms with Crippen LogP contribution in [0.2, 0.25) is 5.02 Å². The van der Waals surface area contributed by atoms with Gasteiger partial charge in [0, 0.05) is 18.8 Å². The van der Waals surface area contributed by atoms with Gasteiger partial charge in [0.2, 0.25) is 0 Å². The maximum Gasteiger partial charge on any atom is 0.138 e. The van der Waals surface area contributed by atoms with Gasteiger partial charge in [0.05, 0.1) is 18.2 Å². The SMILES string of the molecule is CCOc1ccc(NC(CCCN)COC)cc1Cl. The highest BCUT2D eigenvalue weighted by atomic mass is 35.5. The smallest absolute Gasteiger partial charge is 0.138 e. The van der Waals surface area contributed by atoms with Gasteiger partial charge < -0.3 is 20.5 Å². The van der Waals surface area contributed by atoms with E-state index in [4.69, 9.17) is 26.8 Å². The van der Waals surface area contributed by atoms with E-state index in [9.17, 15) is 0 Å². The molecule has 108 valence electrons. The number of methoxy groups -OCH3 is 1. The number of ether oxygens (including phenoxy) is 2. The van der Waals surface area contributed by atoms with E-state index in [1.165, 1.54) is 0 Å². The summed E-state index contributed by atoms with van der Waals surface area (Å²) in [6.07, 6.45) is 1.93. The molecule has 0 saturated carbocycles. The van der Waals surface area contributed by atoms with Gasteiger partial charge in [-0.2, -0.15) is 0 Å². The van der Waals surface area contributed by atoms with E-state index >= 15 is 0 Å². The number of nitrogens with two attached hydrogens (primary N) is 1. The summed E-state index contributed by atoms with van der Waals surface area (Å²) in [5, 5.41) is 4.02. The van der Waals surface area contributed by atoms with Crippen LogP contribution >= 0.6 is 11.6 Å². The van der Waals surface area contributed by atoms with Crippen molar-refractivity contribution in [2.75, 3.05) is 32.2 Å². The number of rotatable bonds is 9. The van der Waals surface area contributed by atoms with Crippen LogP contribution in [-0.2, 0) is 4.74 Å². The van der Waals surface area contributed by atoms with E-state index in [2.05, 4.69) is 5.32 Å². The molecule has 0 aliphatic carbocycles. The number of anilines is 1. The summed E-state index contributed by atoms with van der Waals surface area (Å²) in [5.41, 5.74) is 6.50. The Bertz CT molecular complexity index is 374. The van der Waals surface area contributed by atoms with Gasteiger partial charge in [0.1, 0.15) is 5.75 Å². The van der Waals surface area contributed by atoms with Crippen molar-refractivity contribution < 1.29 is 9.47 Å². The predicted octanol–water partition coefficient (Wildman–Crippen LogP) is 2.90. The molecule has 0 spiro atoms. The molecule has 0 aliphatic heterocycles. The first-order valence-corrected chi connectivity index (χ1v) is 6.97. The molecule has 3 N–H and O–H groups in total. The Labute approximate surface area is 120 Å². The second-order valence-corrected chi connectivity index (χ2v) is 4.71. The Hall–Kier alpha value is -0.970. The molecule has 1 atom stereocenters. The molecule has 0 aliphatic rings. The largest absolute Gasteiger partial charge is 0.492 e. The van der Waals surface area contributed by atoms with E-state index in [0.29, 0.717) is 30.5 Å². The van der Waals surface area contributed by atoms with Gasteiger partial charge in [-0.1, -0.05) is 11.6 Å². The Morgan fingerprint density at radius 3 is 2.79 bits per heavy atom. The lowest BCUT2D eigenvalue weighted by molar-refractivity contribution is 0.182. The molecule has 1 unspecified atom stereocenters. The Kier molecular flexibility index (Phi) is 7.63. The lowest BCUT2D eigenvalue weighted by Crippen LogP contribution is -2.25. The molecule has 1 aromatic rings. The fourth-order valence-corrected chi connectivity index (χ4v) is 2.10. The molecule has 0 saturated heterocycles. The van der Waals surface area contributed by atoms with Crippen LogP contribution in [0.3, 0.4) is 0 Å². The molecule has 4 nitrogen and oxygen atoms in total. The summed E-state index contributed by atoms with van der Waals surface area (Å²) in [4.78, 5) is 0. The maximum absolute atomic E-state index is 6.16. The third-order valence-electron chi connectivity index (χ3n) is 2.73. The number of halogens is 1. The number of hydrogen-bond donors (Lipinski definition) is 2. The lowest BCUT2D eigenvalue weighted by atomic mass is 10.1. The Morgan fingerprint density at radius 2 is 2.21 bits per heavy atom. The van der Waals surface area contributed by atoms with Crippen molar-refractivity contribution in [3.8, 4) is 5.75 Å². The van der Waals surface area contributed by atoms with Crippen LogP contribution in [0, 0.1) is 0 Å². The van der Waals surface area contributed by atoms with Gasteiger partial charge in [-0.3, -0.25) is 0 Å². The molecule has 5 heteroatoms. The van der Waals surface area contributed by atoms with E-state index < -0.39 is 0 Å². The summed E-state index contributed by atoms with van der Waals surface area (Å²) in [7, 11) is 1.70. The Morgan fingerprint density at radius 1 is 1.42 bits per heavy atom. The highest BCUT2D eigenvalue weighted by Gasteiger charge is 2.09. The summed E-state index contributed by atoms with van der Waals surface area (Å²) >= 11 is 6.16. The van der Waals surface area contributed by atoms with Crippen molar-refractivity contribution in [1.82, 2.24) is 0 Å². The van der Waals surface area contributed by atoms with E-state index in [1.807, 2.05) is 25.1 Å². The number of hydrogen-bond acceptors (Lipinski definition) is 4. The second kappa shape index (κ2) is 9.02. The standard InChI is InChI=1S/C14H23ClN2O2/c1-3-19-14-7-6-11(9-13(14)15)17-12(10-18-2)5-4-8-16/h6-7,9,12,17H,3-5,8,10,16H2,1-2H3. The first-order valence-electron chi connectivity index (χ1n) is 6.59. The minimum absolute atomic E-state index is 0.238. The van der Waals surface area contributed by atoms with Crippen LogP contribution in [0.25, 0.3) is 0 Å². The molecule has 0 amide bonds. The quantitative estimate of drug-likeness (QED) is 0.733.